The Hall–Kier alpha value is -3.19. The number of carbonyl (C=O) groups is 2. The van der Waals surface area contributed by atoms with E-state index >= 15 is 0 Å². The van der Waals surface area contributed by atoms with Gasteiger partial charge in [-0.3, -0.25) is 9.59 Å². The van der Waals surface area contributed by atoms with E-state index in [2.05, 4.69) is 39.8 Å². The van der Waals surface area contributed by atoms with Crippen LogP contribution in [0.1, 0.15) is 27.2 Å². The Balaban J connectivity index is 2.26. The molecule has 13 heteroatoms. The average Bonchev–Trinajstić information content (AvgIpc) is 2.93. The molecule has 1 aromatic carbocycles. The summed E-state index contributed by atoms with van der Waals surface area (Å²) in [6, 6.07) is 6.83. The molecule has 1 unspecified atom stereocenters. The monoisotopic (exact) mass is 564 g/mol. The highest BCUT2D eigenvalue weighted by molar-refractivity contribution is 5.90. The fourth-order valence-corrected chi connectivity index (χ4v) is 3.01. The molecule has 40 heavy (non-hydrogen) atoms. The summed E-state index contributed by atoms with van der Waals surface area (Å²) in [5.74, 6) is 0.461. The van der Waals surface area contributed by atoms with E-state index in [1.165, 1.54) is 0 Å². The highest BCUT2D eigenvalue weighted by Crippen LogP contribution is 2.18. The highest BCUT2D eigenvalue weighted by atomic mass is 16.6. The zero-order valence-corrected chi connectivity index (χ0v) is 23.8. The lowest BCUT2D eigenvalue weighted by Gasteiger charge is -2.15. The van der Waals surface area contributed by atoms with Gasteiger partial charge in [0.2, 0.25) is 11.8 Å². The second-order valence-electron chi connectivity index (χ2n) is 8.77. The molecule has 224 valence electrons. The van der Waals surface area contributed by atoms with Crippen molar-refractivity contribution in [1.29, 1.82) is 0 Å². The number of rotatable bonds is 24. The van der Waals surface area contributed by atoms with Crippen LogP contribution in [0.15, 0.2) is 41.5 Å². The minimum Gasteiger partial charge on any atom is -0.491 e. The van der Waals surface area contributed by atoms with Crippen LogP contribution < -0.4 is 20.7 Å². The second kappa shape index (κ2) is 23.7. The molecule has 0 saturated heterocycles. The van der Waals surface area contributed by atoms with E-state index in [0.717, 1.165) is 13.1 Å². The standard InChI is InChI=1S/C27H44N6O7/c1-4-29-12-14-37-16-15-36-13-10-25(34)31-23-8-5-9-24(19-23)40-21-27(32-33-28)39-18-17-38-20-26(35)30-11-6-7-22(2)3/h5-9,19,22,27,29H,4,10-18,20-21H2,1-3H3,(H,30,35)(H,31,34)/b7-6+. The zero-order valence-electron chi connectivity index (χ0n) is 23.8. The third kappa shape index (κ3) is 19.8. The van der Waals surface area contributed by atoms with Crippen LogP contribution in [-0.4, -0.2) is 90.5 Å². The molecule has 0 radical (unpaired) electrons. The van der Waals surface area contributed by atoms with Crippen LogP contribution in [0.25, 0.3) is 10.4 Å². The summed E-state index contributed by atoms with van der Waals surface area (Å²) in [6.45, 7) is 10.2. The van der Waals surface area contributed by atoms with E-state index in [1.54, 1.807) is 24.3 Å². The summed E-state index contributed by atoms with van der Waals surface area (Å²) in [5.41, 5.74) is 9.38. The molecule has 0 saturated carbocycles. The summed E-state index contributed by atoms with van der Waals surface area (Å²) < 4.78 is 27.3. The molecule has 2 amide bonds. The van der Waals surface area contributed by atoms with Crippen molar-refractivity contribution in [3.05, 3.63) is 46.9 Å². The normalized spacial score (nSPS) is 11.8. The molecule has 1 rings (SSSR count). The summed E-state index contributed by atoms with van der Waals surface area (Å²) in [7, 11) is 0. The Morgan fingerprint density at radius 2 is 1.82 bits per heavy atom. The molecule has 0 aliphatic carbocycles. The Morgan fingerprint density at radius 3 is 2.58 bits per heavy atom. The predicted octanol–water partition coefficient (Wildman–Crippen LogP) is 3.03. The van der Waals surface area contributed by atoms with Crippen molar-refractivity contribution in [3.63, 3.8) is 0 Å². The van der Waals surface area contributed by atoms with Gasteiger partial charge in [0.1, 0.15) is 19.0 Å². The van der Waals surface area contributed by atoms with Gasteiger partial charge in [-0.25, -0.2) is 0 Å². The predicted molar refractivity (Wildman–Crippen MR) is 152 cm³/mol. The smallest absolute Gasteiger partial charge is 0.246 e. The fourth-order valence-electron chi connectivity index (χ4n) is 3.01. The third-order valence-corrected chi connectivity index (χ3v) is 4.92. The molecule has 0 fully saturated rings. The van der Waals surface area contributed by atoms with E-state index in [1.807, 2.05) is 19.1 Å². The van der Waals surface area contributed by atoms with E-state index in [9.17, 15) is 9.59 Å². The molecular formula is C27H44N6O7. The maximum atomic E-state index is 12.2. The highest BCUT2D eigenvalue weighted by Gasteiger charge is 2.10. The quantitative estimate of drug-likeness (QED) is 0.0567. The zero-order chi connectivity index (χ0) is 29.3. The van der Waals surface area contributed by atoms with E-state index in [4.69, 9.17) is 29.2 Å². The number of ether oxygens (including phenoxy) is 5. The Labute approximate surface area is 236 Å². The molecule has 0 aliphatic heterocycles. The van der Waals surface area contributed by atoms with Crippen molar-refractivity contribution < 1.29 is 33.3 Å². The Kier molecular flexibility index (Phi) is 20.6. The van der Waals surface area contributed by atoms with E-state index in [0.29, 0.717) is 43.7 Å². The van der Waals surface area contributed by atoms with Crippen molar-refractivity contribution in [1.82, 2.24) is 10.6 Å². The summed E-state index contributed by atoms with van der Waals surface area (Å²) in [4.78, 5) is 26.7. The molecule has 3 N–H and O–H groups in total. The number of nitrogens with zero attached hydrogens (tertiary/aromatic N) is 3. The van der Waals surface area contributed by atoms with E-state index in [-0.39, 0.29) is 51.3 Å². The Morgan fingerprint density at radius 1 is 1.05 bits per heavy atom. The van der Waals surface area contributed by atoms with Crippen LogP contribution in [0.3, 0.4) is 0 Å². The maximum absolute atomic E-state index is 12.2. The first-order chi connectivity index (χ1) is 19.4. The van der Waals surface area contributed by atoms with Crippen molar-refractivity contribution in [3.8, 4) is 5.75 Å². The molecule has 0 aliphatic rings. The number of likely N-dealkylation sites (N-methyl/N-ethyl adjacent to an activating group) is 1. The van der Waals surface area contributed by atoms with Gasteiger partial charge in [-0.1, -0.05) is 44.1 Å². The second-order valence-corrected chi connectivity index (χ2v) is 8.77. The van der Waals surface area contributed by atoms with Gasteiger partial charge in [-0.15, -0.1) is 0 Å². The van der Waals surface area contributed by atoms with Crippen LogP contribution in [0, 0.1) is 5.92 Å². The maximum Gasteiger partial charge on any atom is 0.246 e. The minimum atomic E-state index is -0.897. The lowest BCUT2D eigenvalue weighted by atomic mass is 10.2. The molecule has 0 aromatic heterocycles. The first kappa shape index (κ1) is 34.8. The van der Waals surface area contributed by atoms with E-state index < -0.39 is 6.23 Å². The first-order valence-corrected chi connectivity index (χ1v) is 13.5. The number of benzene rings is 1. The molecule has 0 heterocycles. The van der Waals surface area contributed by atoms with Crippen LogP contribution in [0.4, 0.5) is 5.69 Å². The summed E-state index contributed by atoms with van der Waals surface area (Å²) >= 11 is 0. The Bertz CT molecular complexity index is 909. The van der Waals surface area contributed by atoms with Crippen molar-refractivity contribution >= 4 is 17.5 Å². The lowest BCUT2D eigenvalue weighted by Crippen LogP contribution is -2.28. The number of nitrogens with one attached hydrogen (secondary N) is 3. The molecule has 0 spiro atoms. The van der Waals surface area contributed by atoms with Crippen molar-refractivity contribution in [2.75, 3.05) is 77.8 Å². The van der Waals surface area contributed by atoms with Gasteiger partial charge in [0.15, 0.2) is 6.23 Å². The molecule has 1 aromatic rings. The largest absolute Gasteiger partial charge is 0.491 e. The fraction of sp³-hybridized carbons (Fsp3) is 0.630. The number of azide groups is 1. The van der Waals surface area contributed by atoms with Crippen LogP contribution in [0.2, 0.25) is 0 Å². The topological polar surface area (TPSA) is 165 Å². The minimum absolute atomic E-state index is 0.0471. The number of amides is 2. The first-order valence-electron chi connectivity index (χ1n) is 13.5. The van der Waals surface area contributed by atoms with Gasteiger partial charge in [-0.2, -0.15) is 0 Å². The SMILES string of the molecule is CCNCCOCCOCCC(=O)Nc1cccc(OCC(N=[N+]=[N-])OCCOCC(=O)NC/C=C/C(C)C)c1. The number of carbonyl (C=O) groups excluding carboxylic acids is 2. The molecular weight excluding hydrogens is 520 g/mol. The van der Waals surface area contributed by atoms with Gasteiger partial charge in [-0.05, 0) is 30.1 Å². The number of allylic oxidation sites excluding steroid dienone is 1. The lowest BCUT2D eigenvalue weighted by molar-refractivity contribution is -0.126. The van der Waals surface area contributed by atoms with Crippen LogP contribution in [0.5, 0.6) is 5.75 Å². The van der Waals surface area contributed by atoms with Crippen LogP contribution >= 0.6 is 0 Å². The van der Waals surface area contributed by atoms with Gasteiger partial charge in [0.05, 0.1) is 46.1 Å². The summed E-state index contributed by atoms with van der Waals surface area (Å²) in [5, 5.41) is 12.3. The van der Waals surface area contributed by atoms with Crippen LogP contribution in [-0.2, 0) is 28.5 Å². The van der Waals surface area contributed by atoms with Crippen molar-refractivity contribution in [2.24, 2.45) is 11.0 Å². The van der Waals surface area contributed by atoms with Gasteiger partial charge >= 0.3 is 0 Å². The van der Waals surface area contributed by atoms with Gasteiger partial charge in [0, 0.05) is 29.8 Å². The molecule has 1 atom stereocenters. The number of hydrogen-bond donors (Lipinski definition) is 3. The van der Waals surface area contributed by atoms with Gasteiger partial charge in [0.25, 0.3) is 0 Å². The molecule has 0 bridgehead atoms. The average molecular weight is 565 g/mol. The summed E-state index contributed by atoms with van der Waals surface area (Å²) in [6.07, 6.45) is 3.20. The number of hydrogen-bond acceptors (Lipinski definition) is 9. The third-order valence-electron chi connectivity index (χ3n) is 4.92. The van der Waals surface area contributed by atoms with Crippen molar-refractivity contribution in [2.45, 2.75) is 33.4 Å². The molecule has 13 nitrogen and oxygen atoms in total. The number of anilines is 1. The van der Waals surface area contributed by atoms with Gasteiger partial charge < -0.3 is 39.6 Å².